The summed E-state index contributed by atoms with van der Waals surface area (Å²) in [6, 6.07) is 14.9. The van der Waals surface area contributed by atoms with Crippen LogP contribution in [0.4, 0.5) is 5.69 Å². The van der Waals surface area contributed by atoms with E-state index in [1.54, 1.807) is 12.1 Å². The molecule has 0 radical (unpaired) electrons. The Balaban J connectivity index is 2.11. The molecule has 1 amide bonds. The Morgan fingerprint density at radius 3 is 2.40 bits per heavy atom. The van der Waals surface area contributed by atoms with Crippen LogP contribution in [-0.4, -0.2) is 5.91 Å². The number of carbonyl (C=O) groups is 1. The molecule has 0 fully saturated rings. The van der Waals surface area contributed by atoms with E-state index in [0.717, 1.165) is 21.1 Å². The average Bonchev–Trinajstić information content (AvgIpc) is 2.58. The fraction of sp³-hybridized carbons (Fsp3) is 0. The van der Waals surface area contributed by atoms with Gasteiger partial charge in [0.05, 0.1) is 5.69 Å². The number of amides is 1. The Labute approximate surface area is 130 Å². The van der Waals surface area contributed by atoms with Crippen molar-refractivity contribution in [3.8, 4) is 0 Å². The van der Waals surface area contributed by atoms with Gasteiger partial charge in [-0.1, -0.05) is 59.2 Å². The molecule has 1 N–H and O–H groups in total. The number of nitrogens with one attached hydrogen (secondary N) is 1. The quantitative estimate of drug-likeness (QED) is 0.801. The number of benzene rings is 2. The van der Waals surface area contributed by atoms with E-state index in [1.807, 2.05) is 36.4 Å². The second-order valence-electron chi connectivity index (χ2n) is 4.20. The second-order valence-corrected chi connectivity index (χ2v) is 6.07. The first-order valence-corrected chi connectivity index (χ1v) is 7.46. The van der Waals surface area contributed by atoms with Gasteiger partial charge in [-0.15, -0.1) is 0 Å². The number of hydrogen-bond donors (Lipinski definition) is 1. The topological polar surface area (TPSA) is 29.1 Å². The molecule has 0 unspecified atom stereocenters. The number of carbonyl (C=O) groups excluding carboxylic acids is 1. The molecular formula is C15H9Cl2NOS. The second kappa shape index (κ2) is 5.52. The van der Waals surface area contributed by atoms with Gasteiger partial charge in [0.2, 0.25) is 0 Å². The van der Waals surface area contributed by atoms with E-state index >= 15 is 0 Å². The largest absolute Gasteiger partial charge is 0.320 e. The molecule has 2 nitrogen and oxygen atoms in total. The highest BCUT2D eigenvalue weighted by Crippen LogP contribution is 2.43. The molecule has 3 rings (SSSR count). The third kappa shape index (κ3) is 2.57. The zero-order valence-electron chi connectivity index (χ0n) is 10.2. The van der Waals surface area contributed by atoms with Crippen LogP contribution in [0.1, 0.15) is 5.56 Å². The number of para-hydroxylation sites is 1. The van der Waals surface area contributed by atoms with Crippen LogP contribution < -0.4 is 5.32 Å². The van der Waals surface area contributed by atoms with Crippen LogP contribution >= 0.6 is 35.0 Å². The van der Waals surface area contributed by atoms with Gasteiger partial charge in [-0.2, -0.15) is 0 Å². The van der Waals surface area contributed by atoms with E-state index in [1.165, 1.54) is 11.8 Å². The van der Waals surface area contributed by atoms with Crippen molar-refractivity contribution in [2.45, 2.75) is 4.90 Å². The van der Waals surface area contributed by atoms with Crippen LogP contribution in [-0.2, 0) is 4.79 Å². The molecular weight excluding hydrogens is 313 g/mol. The standard InChI is InChI=1S/C15H9Cl2NOS/c16-10-7-5-9(6-8-10)14-13(17)15(19)18-11-3-1-2-4-12(11)20-14/h1-8H,(H,18,19). The van der Waals surface area contributed by atoms with Crippen molar-refractivity contribution in [3.05, 3.63) is 64.1 Å². The number of halogens is 2. The summed E-state index contributed by atoms with van der Waals surface area (Å²) in [5.41, 5.74) is 1.64. The molecule has 0 spiro atoms. The molecule has 0 bridgehead atoms. The average molecular weight is 322 g/mol. The molecule has 1 heterocycles. The van der Waals surface area contributed by atoms with Crippen molar-refractivity contribution >= 4 is 51.5 Å². The molecule has 0 atom stereocenters. The number of fused-ring (bicyclic) bond motifs is 1. The van der Waals surface area contributed by atoms with E-state index in [4.69, 9.17) is 23.2 Å². The summed E-state index contributed by atoms with van der Waals surface area (Å²) < 4.78 is 0. The van der Waals surface area contributed by atoms with E-state index in [9.17, 15) is 4.79 Å². The lowest BCUT2D eigenvalue weighted by Crippen LogP contribution is -2.11. The highest BCUT2D eigenvalue weighted by Gasteiger charge is 2.22. The Morgan fingerprint density at radius 1 is 0.950 bits per heavy atom. The normalized spacial score (nSPS) is 14.6. The van der Waals surface area contributed by atoms with Crippen LogP contribution in [0.25, 0.3) is 4.91 Å². The zero-order chi connectivity index (χ0) is 14.1. The van der Waals surface area contributed by atoms with Crippen LogP contribution in [0.2, 0.25) is 5.02 Å². The van der Waals surface area contributed by atoms with Crippen molar-refractivity contribution in [2.24, 2.45) is 0 Å². The third-order valence-corrected chi connectivity index (χ3v) is 4.80. The van der Waals surface area contributed by atoms with Crippen molar-refractivity contribution in [3.63, 3.8) is 0 Å². The molecule has 2 aromatic rings. The van der Waals surface area contributed by atoms with Crippen molar-refractivity contribution in [1.82, 2.24) is 0 Å². The number of thioether (sulfide) groups is 1. The predicted molar refractivity (Wildman–Crippen MR) is 85.2 cm³/mol. The lowest BCUT2D eigenvalue weighted by Gasteiger charge is -2.07. The Bertz CT molecular complexity index is 710. The summed E-state index contributed by atoms with van der Waals surface area (Å²) in [6.07, 6.45) is 0. The lowest BCUT2D eigenvalue weighted by atomic mass is 10.2. The van der Waals surface area contributed by atoms with Gasteiger partial charge >= 0.3 is 0 Å². The monoisotopic (exact) mass is 321 g/mol. The number of rotatable bonds is 1. The van der Waals surface area contributed by atoms with Crippen molar-refractivity contribution < 1.29 is 4.79 Å². The van der Waals surface area contributed by atoms with Gasteiger partial charge in [-0.3, -0.25) is 4.79 Å². The fourth-order valence-electron chi connectivity index (χ4n) is 1.88. The van der Waals surface area contributed by atoms with Crippen LogP contribution in [0.3, 0.4) is 0 Å². The zero-order valence-corrected chi connectivity index (χ0v) is 12.5. The Morgan fingerprint density at radius 2 is 1.65 bits per heavy atom. The summed E-state index contributed by atoms with van der Waals surface area (Å²) >= 11 is 13.6. The molecule has 0 saturated heterocycles. The van der Waals surface area contributed by atoms with E-state index in [-0.39, 0.29) is 10.9 Å². The highest BCUT2D eigenvalue weighted by atomic mass is 35.5. The summed E-state index contributed by atoms with van der Waals surface area (Å²) in [7, 11) is 0. The predicted octanol–water partition coefficient (Wildman–Crippen LogP) is 4.99. The fourth-order valence-corrected chi connectivity index (χ4v) is 3.31. The van der Waals surface area contributed by atoms with E-state index < -0.39 is 0 Å². The summed E-state index contributed by atoms with van der Waals surface area (Å²) in [4.78, 5) is 13.8. The van der Waals surface area contributed by atoms with Gasteiger partial charge in [0.25, 0.3) is 5.91 Å². The maximum absolute atomic E-state index is 12.1. The minimum atomic E-state index is -0.297. The lowest BCUT2D eigenvalue weighted by molar-refractivity contribution is -0.112. The molecule has 0 saturated carbocycles. The van der Waals surface area contributed by atoms with Gasteiger partial charge in [0.1, 0.15) is 5.03 Å². The first kappa shape index (κ1) is 13.6. The molecule has 20 heavy (non-hydrogen) atoms. The first-order valence-electron chi connectivity index (χ1n) is 5.89. The van der Waals surface area contributed by atoms with E-state index in [2.05, 4.69) is 5.32 Å². The van der Waals surface area contributed by atoms with Crippen molar-refractivity contribution in [2.75, 3.05) is 5.32 Å². The Hall–Kier alpha value is -1.42. The summed E-state index contributed by atoms with van der Waals surface area (Å²) in [6.45, 7) is 0. The van der Waals surface area contributed by atoms with Gasteiger partial charge in [-0.25, -0.2) is 0 Å². The minimum absolute atomic E-state index is 0.188. The van der Waals surface area contributed by atoms with Gasteiger partial charge in [0.15, 0.2) is 0 Å². The molecule has 0 aliphatic carbocycles. The molecule has 100 valence electrons. The molecule has 2 aromatic carbocycles. The Kier molecular flexibility index (Phi) is 3.74. The highest BCUT2D eigenvalue weighted by molar-refractivity contribution is 8.08. The third-order valence-electron chi connectivity index (χ3n) is 2.85. The maximum atomic E-state index is 12.1. The van der Waals surface area contributed by atoms with E-state index in [0.29, 0.717) is 5.02 Å². The first-order chi connectivity index (χ1) is 9.65. The number of anilines is 1. The van der Waals surface area contributed by atoms with Crippen LogP contribution in [0.5, 0.6) is 0 Å². The maximum Gasteiger partial charge on any atom is 0.268 e. The van der Waals surface area contributed by atoms with Crippen molar-refractivity contribution in [1.29, 1.82) is 0 Å². The summed E-state index contributed by atoms with van der Waals surface area (Å²) in [5, 5.41) is 3.64. The molecule has 1 aliphatic rings. The number of hydrogen-bond acceptors (Lipinski definition) is 2. The molecule has 5 heteroatoms. The minimum Gasteiger partial charge on any atom is -0.320 e. The van der Waals surface area contributed by atoms with Gasteiger partial charge in [-0.05, 0) is 29.8 Å². The smallest absolute Gasteiger partial charge is 0.268 e. The van der Waals surface area contributed by atoms with Crippen LogP contribution in [0, 0.1) is 0 Å². The molecule has 1 aliphatic heterocycles. The van der Waals surface area contributed by atoms with Crippen LogP contribution in [0.15, 0.2) is 58.5 Å². The van der Waals surface area contributed by atoms with Gasteiger partial charge < -0.3 is 5.32 Å². The summed E-state index contributed by atoms with van der Waals surface area (Å²) in [5.74, 6) is -0.297. The molecule has 0 aromatic heterocycles. The SMILES string of the molecule is O=C1Nc2ccccc2SC(c2ccc(Cl)cc2)=C1Cl. The van der Waals surface area contributed by atoms with Gasteiger partial charge in [0, 0.05) is 14.8 Å².